The van der Waals surface area contributed by atoms with Gasteiger partial charge in [-0.15, -0.1) is 0 Å². The highest BCUT2D eigenvalue weighted by Gasteiger charge is 1.94. The van der Waals surface area contributed by atoms with E-state index in [0.717, 1.165) is 37.8 Å². The molecule has 0 aliphatic heterocycles. The van der Waals surface area contributed by atoms with Crippen molar-refractivity contribution < 1.29 is 4.74 Å². The molecule has 0 saturated carbocycles. The van der Waals surface area contributed by atoms with Crippen molar-refractivity contribution in [1.29, 1.82) is 0 Å². The van der Waals surface area contributed by atoms with Crippen molar-refractivity contribution in [2.75, 3.05) is 38.3 Å². The van der Waals surface area contributed by atoms with Gasteiger partial charge in [0, 0.05) is 26.3 Å². The van der Waals surface area contributed by atoms with Gasteiger partial charge in [0.25, 0.3) is 0 Å². The highest BCUT2D eigenvalue weighted by atomic mass is 32.2. The molecule has 0 fully saturated rings. The molecule has 0 atom stereocenters. The summed E-state index contributed by atoms with van der Waals surface area (Å²) >= 11 is 7.08. The first-order valence-electron chi connectivity index (χ1n) is 6.39. The zero-order valence-electron chi connectivity index (χ0n) is 11.1. The fraction of sp³-hybridized carbons (Fsp3) is 0.917. The molecule has 0 rings (SSSR count). The third-order valence-electron chi connectivity index (χ3n) is 2.27. The van der Waals surface area contributed by atoms with Crippen LogP contribution in [0.15, 0.2) is 0 Å². The second-order valence-electron chi connectivity index (χ2n) is 3.79. The quantitative estimate of drug-likeness (QED) is 0.448. The van der Waals surface area contributed by atoms with E-state index in [-0.39, 0.29) is 0 Å². The van der Waals surface area contributed by atoms with Crippen molar-refractivity contribution in [3.63, 3.8) is 0 Å². The van der Waals surface area contributed by atoms with E-state index in [1.807, 2.05) is 18.7 Å². The molecule has 0 aromatic rings. The van der Waals surface area contributed by atoms with Crippen LogP contribution in [0.3, 0.4) is 0 Å². The second-order valence-corrected chi connectivity index (χ2v) is 5.18. The zero-order valence-corrected chi connectivity index (χ0v) is 12.7. The summed E-state index contributed by atoms with van der Waals surface area (Å²) in [6.45, 7) is 5.47. The van der Waals surface area contributed by atoms with E-state index in [0.29, 0.717) is 0 Å². The highest BCUT2D eigenvalue weighted by Crippen LogP contribution is 2.01. The predicted molar refractivity (Wildman–Crippen MR) is 81.9 cm³/mol. The first-order valence-corrected chi connectivity index (χ1v) is 8.19. The fourth-order valence-corrected chi connectivity index (χ4v) is 2.03. The number of hydrogen-bond donors (Lipinski definition) is 2. The van der Waals surface area contributed by atoms with Crippen LogP contribution in [-0.2, 0) is 4.74 Å². The third kappa shape index (κ3) is 13.9. The Hall–Kier alpha value is 0. The second kappa shape index (κ2) is 14.1. The van der Waals surface area contributed by atoms with Crippen LogP contribution >= 0.6 is 24.0 Å². The molecule has 0 aromatic carbocycles. The molecule has 0 radical (unpaired) electrons. The van der Waals surface area contributed by atoms with Gasteiger partial charge < -0.3 is 15.4 Å². The van der Waals surface area contributed by atoms with Gasteiger partial charge in [-0.2, -0.15) is 11.8 Å². The Bertz CT molecular complexity index is 180. The summed E-state index contributed by atoms with van der Waals surface area (Å²) in [5.74, 6) is 1.26. The minimum absolute atomic E-state index is 0.770. The van der Waals surface area contributed by atoms with Gasteiger partial charge in [-0.25, -0.2) is 0 Å². The largest absolute Gasteiger partial charge is 0.382 e. The Kier molecular flexibility index (Phi) is 14.1. The van der Waals surface area contributed by atoms with Crippen LogP contribution < -0.4 is 10.6 Å². The topological polar surface area (TPSA) is 33.3 Å². The zero-order chi connectivity index (χ0) is 12.8. The van der Waals surface area contributed by atoms with Crippen molar-refractivity contribution in [2.45, 2.75) is 32.6 Å². The maximum atomic E-state index is 5.25. The van der Waals surface area contributed by atoms with E-state index in [9.17, 15) is 0 Å². The van der Waals surface area contributed by atoms with Crippen molar-refractivity contribution in [1.82, 2.24) is 10.6 Å². The standard InChI is InChI=1S/C12H26N2OS2/c1-3-15-10-7-9-14-12(16)13-8-5-4-6-11-17-2/h3-11H2,1-2H3,(H2,13,14,16). The van der Waals surface area contributed by atoms with Crippen LogP contribution in [0.1, 0.15) is 32.6 Å². The van der Waals surface area contributed by atoms with Crippen molar-refractivity contribution in [3.8, 4) is 0 Å². The number of nitrogens with one attached hydrogen (secondary N) is 2. The molecule has 0 amide bonds. The lowest BCUT2D eigenvalue weighted by Crippen LogP contribution is -2.36. The number of hydrogen-bond acceptors (Lipinski definition) is 3. The average molecular weight is 278 g/mol. The van der Waals surface area contributed by atoms with Gasteiger partial charge in [-0.1, -0.05) is 6.42 Å². The van der Waals surface area contributed by atoms with Gasteiger partial charge >= 0.3 is 0 Å². The van der Waals surface area contributed by atoms with E-state index in [2.05, 4.69) is 16.9 Å². The minimum atomic E-state index is 0.770. The Balaban J connectivity index is 3.12. The molecule has 0 aliphatic rings. The summed E-state index contributed by atoms with van der Waals surface area (Å²) in [6.07, 6.45) is 6.93. The van der Waals surface area contributed by atoms with Gasteiger partial charge in [0.05, 0.1) is 0 Å². The number of thioether (sulfide) groups is 1. The normalized spacial score (nSPS) is 10.2. The van der Waals surface area contributed by atoms with Gasteiger partial charge in [0.2, 0.25) is 0 Å². The van der Waals surface area contributed by atoms with Gasteiger partial charge in [-0.3, -0.25) is 0 Å². The molecular weight excluding hydrogens is 252 g/mol. The number of ether oxygens (including phenoxy) is 1. The number of unbranched alkanes of at least 4 members (excludes halogenated alkanes) is 2. The van der Waals surface area contributed by atoms with E-state index in [4.69, 9.17) is 17.0 Å². The molecule has 3 nitrogen and oxygen atoms in total. The molecule has 0 saturated heterocycles. The van der Waals surface area contributed by atoms with Crippen LogP contribution in [0.25, 0.3) is 0 Å². The Labute approximate surface area is 115 Å². The van der Waals surface area contributed by atoms with Gasteiger partial charge in [0.1, 0.15) is 0 Å². The molecule has 0 heterocycles. The summed E-state index contributed by atoms with van der Waals surface area (Å²) < 4.78 is 5.25. The first-order chi connectivity index (χ1) is 8.31. The molecule has 0 aromatic heterocycles. The monoisotopic (exact) mass is 278 g/mol. The van der Waals surface area contributed by atoms with E-state index in [1.165, 1.54) is 25.0 Å². The van der Waals surface area contributed by atoms with Crippen molar-refractivity contribution >= 4 is 29.1 Å². The summed E-state index contributed by atoms with van der Waals surface area (Å²) in [4.78, 5) is 0. The van der Waals surface area contributed by atoms with Crippen LogP contribution in [0, 0.1) is 0 Å². The van der Waals surface area contributed by atoms with Crippen molar-refractivity contribution in [2.24, 2.45) is 0 Å². The first kappa shape index (κ1) is 17.0. The number of thiocarbonyl (C=S) groups is 1. The molecule has 0 bridgehead atoms. The molecule has 0 aliphatic carbocycles. The van der Waals surface area contributed by atoms with Crippen molar-refractivity contribution in [3.05, 3.63) is 0 Å². The molecule has 5 heteroatoms. The average Bonchev–Trinajstić information content (AvgIpc) is 2.33. The summed E-state index contributed by atoms with van der Waals surface area (Å²) in [5.41, 5.74) is 0. The molecule has 102 valence electrons. The van der Waals surface area contributed by atoms with Gasteiger partial charge in [0.15, 0.2) is 5.11 Å². The maximum absolute atomic E-state index is 5.25. The number of rotatable bonds is 11. The SMILES string of the molecule is CCOCCCNC(=S)NCCCCCSC. The third-order valence-corrected chi connectivity index (χ3v) is 3.25. The lowest BCUT2D eigenvalue weighted by molar-refractivity contribution is 0.145. The molecule has 0 unspecified atom stereocenters. The lowest BCUT2D eigenvalue weighted by atomic mass is 10.2. The van der Waals surface area contributed by atoms with Crippen LogP contribution in [0.4, 0.5) is 0 Å². The minimum Gasteiger partial charge on any atom is -0.382 e. The Morgan fingerprint density at radius 3 is 2.47 bits per heavy atom. The molecule has 2 N–H and O–H groups in total. The van der Waals surface area contributed by atoms with E-state index in [1.54, 1.807) is 0 Å². The Morgan fingerprint density at radius 2 is 1.82 bits per heavy atom. The summed E-state index contributed by atoms with van der Waals surface area (Å²) in [5, 5.41) is 7.17. The molecular formula is C12H26N2OS2. The van der Waals surface area contributed by atoms with Gasteiger partial charge in [-0.05, 0) is 50.4 Å². The molecule has 17 heavy (non-hydrogen) atoms. The van der Waals surface area contributed by atoms with E-state index >= 15 is 0 Å². The van der Waals surface area contributed by atoms with Crippen LogP contribution in [0.5, 0.6) is 0 Å². The summed E-state index contributed by atoms with van der Waals surface area (Å²) in [6, 6.07) is 0. The highest BCUT2D eigenvalue weighted by molar-refractivity contribution is 7.98. The summed E-state index contributed by atoms with van der Waals surface area (Å²) in [7, 11) is 0. The lowest BCUT2D eigenvalue weighted by Gasteiger charge is -2.10. The Morgan fingerprint density at radius 1 is 1.12 bits per heavy atom. The van der Waals surface area contributed by atoms with Crippen LogP contribution in [0.2, 0.25) is 0 Å². The predicted octanol–water partition coefficient (Wildman–Crippen LogP) is 2.41. The van der Waals surface area contributed by atoms with Crippen LogP contribution in [-0.4, -0.2) is 43.4 Å². The maximum Gasteiger partial charge on any atom is 0.166 e. The smallest absolute Gasteiger partial charge is 0.166 e. The van der Waals surface area contributed by atoms with E-state index < -0.39 is 0 Å². The molecule has 0 spiro atoms. The fourth-order valence-electron chi connectivity index (χ4n) is 1.33.